The molecule has 0 aliphatic heterocycles. The monoisotopic (exact) mass is 151 g/mol. The van der Waals surface area contributed by atoms with Gasteiger partial charge < -0.3 is 4.52 Å². The van der Waals surface area contributed by atoms with Gasteiger partial charge in [-0.1, -0.05) is 11.2 Å². The maximum absolute atomic E-state index is 10.3. The van der Waals surface area contributed by atoms with Crippen molar-refractivity contribution in [1.29, 1.82) is 0 Å². The number of carbonyl (C=O) groups excluding carboxylic acids is 1. The molecular weight excluding hydrogens is 144 g/mol. The van der Waals surface area contributed by atoms with Gasteiger partial charge in [-0.3, -0.25) is 9.69 Å². The number of hydrogen-bond acceptors (Lipinski definition) is 3. The highest BCUT2D eigenvalue weighted by molar-refractivity contribution is 5.73. The van der Waals surface area contributed by atoms with Crippen molar-refractivity contribution in [2.24, 2.45) is 0 Å². The molecule has 0 saturated heterocycles. The molecule has 0 atom stereocenters. The first-order chi connectivity index (χ1) is 5.38. The Kier molecular flexibility index (Phi) is 2.43. The molecule has 0 spiro atoms. The molecule has 1 amide bonds. The van der Waals surface area contributed by atoms with Gasteiger partial charge in [0.2, 0.25) is 0 Å². The largest absolute Gasteiger partial charge is 0.363 e. The van der Waals surface area contributed by atoms with Crippen LogP contribution in [0.4, 0.5) is 5.82 Å². The third-order valence-electron chi connectivity index (χ3n) is 1.12. The number of hydrogen-bond donors (Lipinski definition) is 0. The standard InChI is InChI=1S/C7H7N2O2/c1-2-4-9(6-10)7-3-5-11-8-7/h2-3,5H,1,4H2. The number of rotatable bonds is 4. The van der Waals surface area contributed by atoms with Gasteiger partial charge in [0.15, 0.2) is 5.82 Å². The van der Waals surface area contributed by atoms with Crippen molar-refractivity contribution in [1.82, 2.24) is 5.16 Å². The van der Waals surface area contributed by atoms with Gasteiger partial charge in [-0.05, 0) is 0 Å². The van der Waals surface area contributed by atoms with E-state index in [-0.39, 0.29) is 0 Å². The lowest BCUT2D eigenvalue weighted by Crippen LogP contribution is -2.20. The van der Waals surface area contributed by atoms with Crippen LogP contribution < -0.4 is 4.90 Å². The molecule has 4 nitrogen and oxygen atoms in total. The fourth-order valence-electron chi connectivity index (χ4n) is 0.652. The lowest BCUT2D eigenvalue weighted by molar-refractivity contribution is 0.420. The predicted octanol–water partition coefficient (Wildman–Crippen LogP) is 0.734. The minimum absolute atomic E-state index is 0.385. The zero-order valence-corrected chi connectivity index (χ0v) is 5.86. The van der Waals surface area contributed by atoms with E-state index in [2.05, 4.69) is 16.3 Å². The molecule has 0 bridgehead atoms. The molecule has 1 heterocycles. The van der Waals surface area contributed by atoms with Crippen molar-refractivity contribution in [3.8, 4) is 0 Å². The number of aromatic nitrogens is 1. The van der Waals surface area contributed by atoms with Crippen molar-refractivity contribution in [2.45, 2.75) is 0 Å². The van der Waals surface area contributed by atoms with Crippen LogP contribution in [0.5, 0.6) is 0 Å². The summed E-state index contributed by atoms with van der Waals surface area (Å²) < 4.78 is 4.54. The molecule has 0 aromatic carbocycles. The first-order valence-electron chi connectivity index (χ1n) is 3.05. The van der Waals surface area contributed by atoms with Crippen LogP contribution in [-0.4, -0.2) is 18.1 Å². The summed E-state index contributed by atoms with van der Waals surface area (Å²) in [4.78, 5) is 11.5. The van der Waals surface area contributed by atoms with Gasteiger partial charge in [0, 0.05) is 12.6 Å². The van der Waals surface area contributed by atoms with Gasteiger partial charge in [-0.25, -0.2) is 0 Å². The molecule has 1 aromatic rings. The summed E-state index contributed by atoms with van der Waals surface area (Å²) in [6.07, 6.45) is 4.67. The summed E-state index contributed by atoms with van der Waals surface area (Å²) in [5.41, 5.74) is 0. The summed E-state index contributed by atoms with van der Waals surface area (Å²) in [6, 6.07) is 1.58. The second-order valence-electron chi connectivity index (χ2n) is 1.85. The Morgan fingerprint density at radius 3 is 3.18 bits per heavy atom. The summed E-state index contributed by atoms with van der Waals surface area (Å²) >= 11 is 0. The molecule has 4 heteroatoms. The number of amides is 1. The smallest absolute Gasteiger partial charge is 0.318 e. The van der Waals surface area contributed by atoms with Crippen LogP contribution in [0.1, 0.15) is 0 Å². The summed E-state index contributed by atoms with van der Waals surface area (Å²) in [5.74, 6) is 0.444. The molecule has 1 aromatic heterocycles. The SMILES string of the molecule is C=CCN([C]=O)c1ccon1. The highest BCUT2D eigenvalue weighted by Crippen LogP contribution is 2.06. The average molecular weight is 151 g/mol. The Morgan fingerprint density at radius 2 is 2.73 bits per heavy atom. The van der Waals surface area contributed by atoms with Crippen LogP contribution in [0.25, 0.3) is 0 Å². The van der Waals surface area contributed by atoms with Crippen LogP contribution in [0, 0.1) is 0 Å². The normalized spacial score (nSPS) is 9.09. The molecule has 0 unspecified atom stereocenters. The summed E-state index contributed by atoms with van der Waals surface area (Å²) in [5, 5.41) is 3.55. The Labute approximate surface area is 64.1 Å². The molecule has 1 radical (unpaired) electrons. The van der Waals surface area contributed by atoms with E-state index >= 15 is 0 Å². The molecule has 0 aliphatic rings. The molecule has 0 aliphatic carbocycles. The fourth-order valence-corrected chi connectivity index (χ4v) is 0.652. The first-order valence-corrected chi connectivity index (χ1v) is 3.05. The van der Waals surface area contributed by atoms with E-state index in [0.717, 1.165) is 0 Å². The van der Waals surface area contributed by atoms with Gasteiger partial charge in [-0.15, -0.1) is 6.58 Å². The van der Waals surface area contributed by atoms with Crippen molar-refractivity contribution in [3.05, 3.63) is 25.0 Å². The van der Waals surface area contributed by atoms with E-state index < -0.39 is 0 Å². The highest BCUT2D eigenvalue weighted by atomic mass is 16.5. The number of nitrogens with zero attached hydrogens (tertiary/aromatic N) is 2. The van der Waals surface area contributed by atoms with E-state index in [0.29, 0.717) is 12.4 Å². The maximum atomic E-state index is 10.3. The molecular formula is C7H7N2O2. The highest BCUT2D eigenvalue weighted by Gasteiger charge is 2.05. The Morgan fingerprint density at radius 1 is 1.91 bits per heavy atom. The minimum atomic E-state index is 0.385. The Bertz CT molecular complexity index is 231. The summed E-state index contributed by atoms with van der Waals surface area (Å²) in [6.45, 7) is 3.86. The lowest BCUT2D eigenvalue weighted by atomic mass is 10.5. The van der Waals surface area contributed by atoms with Gasteiger partial charge in [0.1, 0.15) is 6.26 Å². The van der Waals surface area contributed by atoms with E-state index in [9.17, 15) is 4.79 Å². The third kappa shape index (κ3) is 1.67. The van der Waals surface area contributed by atoms with E-state index in [1.54, 1.807) is 18.6 Å². The maximum Gasteiger partial charge on any atom is 0.318 e. The van der Waals surface area contributed by atoms with Crippen LogP contribution in [-0.2, 0) is 4.79 Å². The minimum Gasteiger partial charge on any atom is -0.363 e. The zero-order valence-electron chi connectivity index (χ0n) is 5.86. The molecule has 0 saturated carbocycles. The average Bonchev–Trinajstić information content (AvgIpc) is 2.52. The second kappa shape index (κ2) is 3.55. The van der Waals surface area contributed by atoms with Gasteiger partial charge in [0.25, 0.3) is 0 Å². The van der Waals surface area contributed by atoms with E-state index in [1.165, 1.54) is 11.2 Å². The van der Waals surface area contributed by atoms with Crippen molar-refractivity contribution < 1.29 is 9.32 Å². The van der Waals surface area contributed by atoms with Crippen LogP contribution in [0.3, 0.4) is 0 Å². The van der Waals surface area contributed by atoms with E-state index in [4.69, 9.17) is 0 Å². The molecule has 0 N–H and O–H groups in total. The third-order valence-corrected chi connectivity index (χ3v) is 1.12. The Balaban J connectivity index is 2.70. The molecule has 11 heavy (non-hydrogen) atoms. The predicted molar refractivity (Wildman–Crippen MR) is 39.7 cm³/mol. The van der Waals surface area contributed by atoms with Gasteiger partial charge in [0.05, 0.1) is 0 Å². The number of anilines is 1. The van der Waals surface area contributed by atoms with Crippen LogP contribution in [0.15, 0.2) is 29.5 Å². The lowest BCUT2D eigenvalue weighted by Gasteiger charge is -2.07. The fraction of sp³-hybridized carbons (Fsp3) is 0.143. The molecule has 0 fully saturated rings. The van der Waals surface area contributed by atoms with Gasteiger partial charge in [-0.2, -0.15) is 0 Å². The van der Waals surface area contributed by atoms with Gasteiger partial charge >= 0.3 is 6.41 Å². The van der Waals surface area contributed by atoms with Crippen molar-refractivity contribution >= 4 is 12.2 Å². The quantitative estimate of drug-likeness (QED) is 0.471. The molecule has 57 valence electrons. The molecule has 1 rings (SSSR count). The van der Waals surface area contributed by atoms with Crippen LogP contribution >= 0.6 is 0 Å². The second-order valence-corrected chi connectivity index (χ2v) is 1.85. The van der Waals surface area contributed by atoms with Crippen molar-refractivity contribution in [3.63, 3.8) is 0 Å². The first kappa shape index (κ1) is 7.53. The summed E-state index contributed by atoms with van der Waals surface area (Å²) in [7, 11) is 0. The van der Waals surface area contributed by atoms with E-state index in [1.807, 2.05) is 0 Å². The van der Waals surface area contributed by atoms with Crippen LogP contribution in [0.2, 0.25) is 0 Å². The Hall–Kier alpha value is -1.58. The van der Waals surface area contributed by atoms with Crippen molar-refractivity contribution in [2.75, 3.05) is 11.4 Å². The topological polar surface area (TPSA) is 46.3 Å². The zero-order chi connectivity index (χ0) is 8.10.